The molecule has 1 aromatic heterocycles. The van der Waals surface area contributed by atoms with E-state index in [0.29, 0.717) is 5.02 Å². The Hall–Kier alpha value is -1.58. The molecule has 0 radical (unpaired) electrons. The number of aromatic amines is 1. The van der Waals surface area contributed by atoms with E-state index in [-0.39, 0.29) is 0 Å². The van der Waals surface area contributed by atoms with Crippen molar-refractivity contribution in [2.45, 2.75) is 0 Å². The molecule has 3 rings (SSSR count). The Morgan fingerprint density at radius 3 is 2.63 bits per heavy atom. The van der Waals surface area contributed by atoms with Crippen LogP contribution >= 0.6 is 27.5 Å². The van der Waals surface area contributed by atoms with E-state index >= 15 is 0 Å². The summed E-state index contributed by atoms with van der Waals surface area (Å²) in [6.07, 6.45) is 3.98. The summed E-state index contributed by atoms with van der Waals surface area (Å²) in [6, 6.07) is 13.7. The number of rotatable bonds is 2. The molecule has 0 bridgehead atoms. The van der Waals surface area contributed by atoms with Crippen molar-refractivity contribution in [2.75, 3.05) is 0 Å². The van der Waals surface area contributed by atoms with Crippen LogP contribution in [0.1, 0.15) is 11.4 Å². The van der Waals surface area contributed by atoms with Crippen LogP contribution < -0.4 is 0 Å². The van der Waals surface area contributed by atoms with Gasteiger partial charge in [-0.2, -0.15) is 0 Å². The topological polar surface area (TPSA) is 28.7 Å². The third kappa shape index (κ3) is 2.88. The van der Waals surface area contributed by atoms with Gasteiger partial charge in [0, 0.05) is 9.50 Å². The van der Waals surface area contributed by atoms with Gasteiger partial charge in [0.25, 0.3) is 0 Å². The predicted octanol–water partition coefficient (Wildman–Crippen LogP) is 5.15. The largest absolute Gasteiger partial charge is 0.338 e. The first kappa shape index (κ1) is 12.5. The number of H-pyrrole nitrogens is 1. The molecule has 0 aliphatic carbocycles. The number of imidazole rings is 1. The van der Waals surface area contributed by atoms with Crippen molar-refractivity contribution in [3.05, 3.63) is 63.3 Å². The number of benzene rings is 2. The van der Waals surface area contributed by atoms with Gasteiger partial charge in [-0.3, -0.25) is 0 Å². The summed E-state index contributed by atoms with van der Waals surface area (Å²) in [4.78, 5) is 7.70. The first-order valence-electron chi connectivity index (χ1n) is 5.80. The summed E-state index contributed by atoms with van der Waals surface area (Å²) in [5, 5.41) is 0.708. The van der Waals surface area contributed by atoms with E-state index in [0.717, 1.165) is 26.9 Å². The maximum atomic E-state index is 5.95. The van der Waals surface area contributed by atoms with Crippen molar-refractivity contribution >= 4 is 50.7 Å². The minimum Gasteiger partial charge on any atom is -0.338 e. The van der Waals surface area contributed by atoms with Crippen LogP contribution in [0.15, 0.2) is 46.9 Å². The zero-order valence-electron chi connectivity index (χ0n) is 9.90. The monoisotopic (exact) mass is 332 g/mol. The second-order valence-corrected chi connectivity index (χ2v) is 5.52. The van der Waals surface area contributed by atoms with Gasteiger partial charge in [0.15, 0.2) is 0 Å². The van der Waals surface area contributed by atoms with Crippen molar-refractivity contribution in [1.82, 2.24) is 9.97 Å². The average Bonchev–Trinajstić information content (AvgIpc) is 2.80. The van der Waals surface area contributed by atoms with Crippen LogP contribution in [0.5, 0.6) is 0 Å². The second-order valence-electron chi connectivity index (χ2n) is 4.17. The molecule has 0 unspecified atom stereocenters. The van der Waals surface area contributed by atoms with Crippen molar-refractivity contribution in [3.63, 3.8) is 0 Å². The molecule has 1 N–H and O–H groups in total. The van der Waals surface area contributed by atoms with Crippen LogP contribution in [0.3, 0.4) is 0 Å². The molecule has 0 spiro atoms. The number of nitrogens with one attached hydrogen (secondary N) is 1. The number of fused-ring (bicyclic) bond motifs is 1. The standard InChI is InChI=1S/C15H10BrClN2/c16-11-4-1-10(2-5-11)3-8-15-18-13-7-6-12(17)9-14(13)19-15/h1-9H,(H,18,19). The minimum atomic E-state index is 0.708. The third-order valence-electron chi connectivity index (χ3n) is 2.77. The van der Waals surface area contributed by atoms with E-state index in [2.05, 4.69) is 25.9 Å². The zero-order valence-corrected chi connectivity index (χ0v) is 12.2. The van der Waals surface area contributed by atoms with Gasteiger partial charge >= 0.3 is 0 Å². The van der Waals surface area contributed by atoms with E-state index in [9.17, 15) is 0 Å². The molecule has 0 saturated heterocycles. The van der Waals surface area contributed by atoms with Gasteiger partial charge in [0.2, 0.25) is 0 Å². The predicted molar refractivity (Wildman–Crippen MR) is 84.2 cm³/mol. The van der Waals surface area contributed by atoms with Gasteiger partial charge in [-0.25, -0.2) is 4.98 Å². The van der Waals surface area contributed by atoms with E-state index in [1.54, 1.807) is 0 Å². The first-order chi connectivity index (χ1) is 9.20. The highest BCUT2D eigenvalue weighted by atomic mass is 79.9. The Balaban J connectivity index is 1.90. The molecule has 4 heteroatoms. The maximum absolute atomic E-state index is 5.95. The highest BCUT2D eigenvalue weighted by molar-refractivity contribution is 9.10. The molecule has 0 atom stereocenters. The number of hydrogen-bond acceptors (Lipinski definition) is 1. The lowest BCUT2D eigenvalue weighted by Crippen LogP contribution is -1.74. The summed E-state index contributed by atoms with van der Waals surface area (Å²) >= 11 is 9.36. The molecule has 19 heavy (non-hydrogen) atoms. The summed E-state index contributed by atoms with van der Waals surface area (Å²) in [5.41, 5.74) is 2.99. The third-order valence-corrected chi connectivity index (χ3v) is 3.53. The van der Waals surface area contributed by atoms with Gasteiger partial charge in [-0.05, 0) is 42.0 Å². The summed E-state index contributed by atoms with van der Waals surface area (Å²) in [6.45, 7) is 0. The Morgan fingerprint density at radius 2 is 1.84 bits per heavy atom. The number of nitrogens with zero attached hydrogens (tertiary/aromatic N) is 1. The summed E-state index contributed by atoms with van der Waals surface area (Å²) in [7, 11) is 0. The number of halogens is 2. The molecular weight excluding hydrogens is 324 g/mol. The molecule has 1 heterocycles. The van der Waals surface area contributed by atoms with Crippen LogP contribution in [0.2, 0.25) is 5.02 Å². The van der Waals surface area contributed by atoms with Gasteiger partial charge in [0.05, 0.1) is 11.0 Å². The van der Waals surface area contributed by atoms with Crippen molar-refractivity contribution in [3.8, 4) is 0 Å². The quantitative estimate of drug-likeness (QED) is 0.690. The minimum absolute atomic E-state index is 0.708. The maximum Gasteiger partial charge on any atom is 0.131 e. The lowest BCUT2D eigenvalue weighted by molar-refractivity contribution is 1.29. The van der Waals surface area contributed by atoms with Gasteiger partial charge in [-0.1, -0.05) is 45.7 Å². The summed E-state index contributed by atoms with van der Waals surface area (Å²) < 4.78 is 1.07. The lowest BCUT2D eigenvalue weighted by Gasteiger charge is -1.92. The van der Waals surface area contributed by atoms with Crippen LogP contribution in [-0.4, -0.2) is 9.97 Å². The molecule has 0 amide bonds. The van der Waals surface area contributed by atoms with Crippen molar-refractivity contribution in [1.29, 1.82) is 0 Å². The molecule has 0 saturated carbocycles. The molecular formula is C15H10BrClN2. The van der Waals surface area contributed by atoms with Crippen LogP contribution in [0.25, 0.3) is 23.2 Å². The molecule has 0 aliphatic heterocycles. The van der Waals surface area contributed by atoms with E-state index in [1.165, 1.54) is 0 Å². The number of aromatic nitrogens is 2. The molecule has 2 nitrogen and oxygen atoms in total. The van der Waals surface area contributed by atoms with Gasteiger partial charge in [-0.15, -0.1) is 0 Å². The van der Waals surface area contributed by atoms with E-state index < -0.39 is 0 Å². The molecule has 3 aromatic rings. The fraction of sp³-hybridized carbons (Fsp3) is 0. The Kier molecular flexibility index (Phi) is 3.40. The Bertz CT molecular complexity index is 744. The Labute approximate surface area is 124 Å². The molecule has 0 fully saturated rings. The van der Waals surface area contributed by atoms with Crippen LogP contribution in [-0.2, 0) is 0 Å². The SMILES string of the molecule is Clc1ccc2nc(C=Cc3ccc(Br)cc3)[nH]c2c1. The smallest absolute Gasteiger partial charge is 0.131 e. The normalized spacial score (nSPS) is 11.5. The highest BCUT2D eigenvalue weighted by Gasteiger charge is 2.00. The van der Waals surface area contributed by atoms with Crippen molar-refractivity contribution < 1.29 is 0 Å². The van der Waals surface area contributed by atoms with Gasteiger partial charge < -0.3 is 4.98 Å². The van der Waals surface area contributed by atoms with E-state index in [4.69, 9.17) is 11.6 Å². The molecule has 94 valence electrons. The van der Waals surface area contributed by atoms with E-state index in [1.807, 2.05) is 54.6 Å². The second kappa shape index (κ2) is 5.19. The van der Waals surface area contributed by atoms with Gasteiger partial charge in [0.1, 0.15) is 5.82 Å². The first-order valence-corrected chi connectivity index (χ1v) is 6.97. The van der Waals surface area contributed by atoms with Crippen molar-refractivity contribution in [2.24, 2.45) is 0 Å². The fourth-order valence-electron chi connectivity index (χ4n) is 1.83. The fourth-order valence-corrected chi connectivity index (χ4v) is 2.27. The zero-order chi connectivity index (χ0) is 13.2. The number of hydrogen-bond donors (Lipinski definition) is 1. The highest BCUT2D eigenvalue weighted by Crippen LogP contribution is 2.18. The lowest BCUT2D eigenvalue weighted by atomic mass is 10.2. The van der Waals surface area contributed by atoms with Crippen LogP contribution in [0.4, 0.5) is 0 Å². The average molecular weight is 334 g/mol. The molecule has 2 aromatic carbocycles. The molecule has 0 aliphatic rings. The van der Waals surface area contributed by atoms with Crippen LogP contribution in [0, 0.1) is 0 Å². The summed E-state index contributed by atoms with van der Waals surface area (Å²) in [5.74, 6) is 0.820. The Morgan fingerprint density at radius 1 is 1.05 bits per heavy atom.